The van der Waals surface area contributed by atoms with Crippen LogP contribution in [0.25, 0.3) is 5.52 Å². The van der Waals surface area contributed by atoms with Gasteiger partial charge >= 0.3 is 5.97 Å². The average Bonchev–Trinajstić information content (AvgIpc) is 2.64. The van der Waals surface area contributed by atoms with Crippen LogP contribution in [0.15, 0.2) is 30.6 Å². The summed E-state index contributed by atoms with van der Waals surface area (Å²) in [5.74, 6) is -0.236. The summed E-state index contributed by atoms with van der Waals surface area (Å²) in [7, 11) is 0. The van der Waals surface area contributed by atoms with Crippen molar-refractivity contribution >= 4 is 11.5 Å². The van der Waals surface area contributed by atoms with E-state index in [1.54, 1.807) is 10.7 Å². The van der Waals surface area contributed by atoms with E-state index < -0.39 is 0 Å². The molecule has 2 aromatic rings. The maximum absolute atomic E-state index is 10.6. The fraction of sp³-hybridized carbons (Fsp3) is 0.273. The Kier molecular flexibility index (Phi) is 2.67. The minimum absolute atomic E-state index is 0.236. The maximum atomic E-state index is 10.6. The molecule has 0 saturated carbocycles. The molecular weight excluding hydrogens is 192 g/mol. The first-order chi connectivity index (χ1) is 7.25. The Balaban J connectivity index is 2.04. The van der Waals surface area contributed by atoms with Crippen molar-refractivity contribution < 1.29 is 9.53 Å². The van der Waals surface area contributed by atoms with Crippen molar-refractivity contribution in [1.82, 2.24) is 9.61 Å². The minimum atomic E-state index is -0.236. The summed E-state index contributed by atoms with van der Waals surface area (Å²) in [6.45, 7) is 1.85. The SMILES string of the molecule is CC(=O)OCCc1ccn2nccc2c1. The molecule has 0 aliphatic heterocycles. The van der Waals surface area contributed by atoms with Crippen LogP contribution < -0.4 is 0 Å². The molecule has 4 nitrogen and oxygen atoms in total. The maximum Gasteiger partial charge on any atom is 0.302 e. The van der Waals surface area contributed by atoms with Gasteiger partial charge in [-0.25, -0.2) is 4.52 Å². The molecule has 0 aliphatic carbocycles. The van der Waals surface area contributed by atoms with E-state index in [0.29, 0.717) is 6.61 Å². The summed E-state index contributed by atoms with van der Waals surface area (Å²) in [5, 5.41) is 4.10. The fourth-order valence-electron chi connectivity index (χ4n) is 1.44. The zero-order valence-electron chi connectivity index (χ0n) is 8.51. The molecule has 15 heavy (non-hydrogen) atoms. The second-order valence-electron chi connectivity index (χ2n) is 3.33. The zero-order valence-corrected chi connectivity index (χ0v) is 8.51. The second kappa shape index (κ2) is 4.13. The second-order valence-corrected chi connectivity index (χ2v) is 3.33. The quantitative estimate of drug-likeness (QED) is 0.710. The third-order valence-electron chi connectivity index (χ3n) is 2.16. The van der Waals surface area contributed by atoms with Crippen molar-refractivity contribution in [2.24, 2.45) is 0 Å². The first-order valence-corrected chi connectivity index (χ1v) is 4.81. The smallest absolute Gasteiger partial charge is 0.302 e. The molecule has 0 atom stereocenters. The van der Waals surface area contributed by atoms with Gasteiger partial charge in [-0.1, -0.05) is 0 Å². The van der Waals surface area contributed by atoms with Crippen LogP contribution >= 0.6 is 0 Å². The van der Waals surface area contributed by atoms with Crippen molar-refractivity contribution in [3.8, 4) is 0 Å². The molecular formula is C11H12N2O2. The Morgan fingerprint density at radius 1 is 1.53 bits per heavy atom. The summed E-state index contributed by atoms with van der Waals surface area (Å²) in [5.41, 5.74) is 2.19. The molecule has 0 spiro atoms. The summed E-state index contributed by atoms with van der Waals surface area (Å²) < 4.78 is 6.68. The number of rotatable bonds is 3. The van der Waals surface area contributed by atoms with Crippen LogP contribution in [0.3, 0.4) is 0 Å². The Morgan fingerprint density at radius 2 is 2.40 bits per heavy atom. The van der Waals surface area contributed by atoms with Crippen molar-refractivity contribution in [3.05, 3.63) is 36.2 Å². The lowest BCUT2D eigenvalue weighted by Gasteiger charge is -2.02. The Hall–Kier alpha value is -1.84. The molecule has 0 unspecified atom stereocenters. The topological polar surface area (TPSA) is 43.6 Å². The van der Waals surface area contributed by atoms with Crippen LogP contribution in [0.4, 0.5) is 0 Å². The highest BCUT2D eigenvalue weighted by Gasteiger charge is 1.98. The van der Waals surface area contributed by atoms with E-state index in [2.05, 4.69) is 5.10 Å². The molecule has 0 fully saturated rings. The molecule has 2 aromatic heterocycles. The number of nitrogens with zero attached hydrogens (tertiary/aromatic N) is 2. The molecule has 0 saturated heterocycles. The Morgan fingerprint density at radius 3 is 3.20 bits per heavy atom. The summed E-state index contributed by atoms with van der Waals surface area (Å²) in [6.07, 6.45) is 4.39. The van der Waals surface area contributed by atoms with Gasteiger partial charge in [0, 0.05) is 25.7 Å². The molecule has 0 aromatic carbocycles. The van der Waals surface area contributed by atoms with Crippen LogP contribution in [0.1, 0.15) is 12.5 Å². The lowest BCUT2D eigenvalue weighted by molar-refractivity contribution is -0.140. The Bertz CT molecular complexity index is 476. The molecule has 2 heterocycles. The van der Waals surface area contributed by atoms with E-state index in [1.807, 2.05) is 24.4 Å². The molecule has 0 amide bonds. The van der Waals surface area contributed by atoms with Crippen LogP contribution in [0, 0.1) is 0 Å². The molecule has 2 rings (SSSR count). The highest BCUT2D eigenvalue weighted by Crippen LogP contribution is 2.07. The molecule has 0 bridgehead atoms. The number of carbonyl (C=O) groups excluding carboxylic acids is 1. The van der Waals surface area contributed by atoms with Crippen molar-refractivity contribution in [2.75, 3.05) is 6.61 Å². The zero-order chi connectivity index (χ0) is 10.7. The highest BCUT2D eigenvalue weighted by molar-refractivity contribution is 5.65. The van der Waals surface area contributed by atoms with Crippen molar-refractivity contribution in [1.29, 1.82) is 0 Å². The number of hydrogen-bond acceptors (Lipinski definition) is 3. The van der Waals surface area contributed by atoms with Gasteiger partial charge in [0.15, 0.2) is 0 Å². The number of fused-ring (bicyclic) bond motifs is 1. The third kappa shape index (κ3) is 2.34. The number of aromatic nitrogens is 2. The number of hydrogen-bond donors (Lipinski definition) is 0. The van der Waals surface area contributed by atoms with E-state index in [9.17, 15) is 4.79 Å². The van der Waals surface area contributed by atoms with E-state index in [4.69, 9.17) is 4.74 Å². The van der Waals surface area contributed by atoms with Gasteiger partial charge in [-0.15, -0.1) is 0 Å². The fourth-order valence-corrected chi connectivity index (χ4v) is 1.44. The van der Waals surface area contributed by atoms with E-state index in [1.165, 1.54) is 6.92 Å². The number of esters is 1. The molecule has 0 aliphatic rings. The van der Waals surface area contributed by atoms with Crippen LogP contribution in [-0.4, -0.2) is 22.2 Å². The van der Waals surface area contributed by atoms with Crippen molar-refractivity contribution in [3.63, 3.8) is 0 Å². The van der Waals surface area contributed by atoms with Gasteiger partial charge < -0.3 is 4.74 Å². The van der Waals surface area contributed by atoms with Crippen LogP contribution in [0.5, 0.6) is 0 Å². The number of carbonyl (C=O) groups is 1. The third-order valence-corrected chi connectivity index (χ3v) is 2.16. The van der Waals surface area contributed by atoms with Crippen LogP contribution in [-0.2, 0) is 16.0 Å². The summed E-state index contributed by atoms with van der Waals surface area (Å²) in [4.78, 5) is 10.6. The highest BCUT2D eigenvalue weighted by atomic mass is 16.5. The Labute approximate surface area is 87.5 Å². The molecule has 0 radical (unpaired) electrons. The summed E-state index contributed by atoms with van der Waals surface area (Å²) in [6, 6.07) is 5.95. The van der Waals surface area contributed by atoms with Gasteiger partial charge in [-0.3, -0.25) is 4.79 Å². The number of ether oxygens (including phenoxy) is 1. The van der Waals surface area contributed by atoms with Gasteiger partial charge in [0.2, 0.25) is 0 Å². The normalized spacial score (nSPS) is 10.5. The lowest BCUT2D eigenvalue weighted by atomic mass is 10.2. The van der Waals surface area contributed by atoms with Gasteiger partial charge in [-0.05, 0) is 23.8 Å². The predicted octanol–water partition coefficient (Wildman–Crippen LogP) is 1.44. The van der Waals surface area contributed by atoms with Gasteiger partial charge in [-0.2, -0.15) is 5.10 Å². The first kappa shape index (κ1) is 9.71. The average molecular weight is 204 g/mol. The molecule has 4 heteroatoms. The van der Waals surface area contributed by atoms with Gasteiger partial charge in [0.1, 0.15) is 0 Å². The van der Waals surface area contributed by atoms with Gasteiger partial charge in [0.25, 0.3) is 0 Å². The van der Waals surface area contributed by atoms with Crippen LogP contribution in [0.2, 0.25) is 0 Å². The van der Waals surface area contributed by atoms with E-state index >= 15 is 0 Å². The predicted molar refractivity (Wildman–Crippen MR) is 55.5 cm³/mol. The summed E-state index contributed by atoms with van der Waals surface area (Å²) >= 11 is 0. The van der Waals surface area contributed by atoms with Crippen molar-refractivity contribution in [2.45, 2.75) is 13.3 Å². The van der Waals surface area contributed by atoms with Gasteiger partial charge in [0.05, 0.1) is 12.1 Å². The largest absolute Gasteiger partial charge is 0.466 e. The molecule has 0 N–H and O–H groups in total. The molecule has 78 valence electrons. The standard InChI is InChI=1S/C11H12N2O2/c1-9(14)15-7-4-10-3-6-13-11(8-10)2-5-12-13/h2-3,5-6,8H,4,7H2,1H3. The first-order valence-electron chi connectivity index (χ1n) is 4.81. The minimum Gasteiger partial charge on any atom is -0.466 e. The van der Waals surface area contributed by atoms with E-state index in [0.717, 1.165) is 17.5 Å². The monoisotopic (exact) mass is 204 g/mol. The lowest BCUT2D eigenvalue weighted by Crippen LogP contribution is -2.03. The van der Waals surface area contributed by atoms with E-state index in [-0.39, 0.29) is 5.97 Å². The number of pyridine rings is 1.